The van der Waals surface area contributed by atoms with Crippen molar-refractivity contribution in [1.29, 1.82) is 0 Å². The van der Waals surface area contributed by atoms with Crippen LogP contribution in [-0.4, -0.2) is 40.0 Å². The maximum Gasteiger partial charge on any atom is 0.228 e. The van der Waals surface area contributed by atoms with Gasteiger partial charge in [-0.25, -0.2) is 0 Å². The largest absolute Gasteiger partial charge is 0.339 e. The quantitative estimate of drug-likeness (QED) is 0.898. The number of rotatable bonds is 5. The van der Waals surface area contributed by atoms with E-state index in [1.807, 2.05) is 30.6 Å². The number of nitrogens with one attached hydrogen (secondary N) is 1. The Morgan fingerprint density at radius 1 is 1.44 bits per heavy atom. The highest BCUT2D eigenvalue weighted by Crippen LogP contribution is 2.41. The molecule has 1 aromatic heterocycles. The molecule has 102 valence electrons. The topological polar surface area (TPSA) is 51.0 Å². The lowest BCUT2D eigenvalue weighted by Gasteiger charge is -2.24. The highest BCUT2D eigenvalue weighted by Gasteiger charge is 2.28. The highest BCUT2D eigenvalue weighted by atomic mass is 32.2. The van der Waals surface area contributed by atoms with Crippen LogP contribution < -0.4 is 5.32 Å². The molecule has 0 radical (unpaired) electrons. The molecule has 2 heterocycles. The lowest BCUT2D eigenvalue weighted by molar-refractivity contribution is 0.354. The fraction of sp³-hybridized carbons (Fsp3) is 0.833. The first kappa shape index (κ1) is 14.2. The summed E-state index contributed by atoms with van der Waals surface area (Å²) >= 11 is 3.94. The van der Waals surface area contributed by atoms with Gasteiger partial charge in [0.15, 0.2) is 5.82 Å². The maximum absolute atomic E-state index is 5.38. The Kier molecular flexibility index (Phi) is 5.38. The van der Waals surface area contributed by atoms with Crippen LogP contribution in [0.5, 0.6) is 0 Å². The van der Waals surface area contributed by atoms with E-state index in [1.54, 1.807) is 0 Å². The minimum absolute atomic E-state index is 0.385. The van der Waals surface area contributed by atoms with Gasteiger partial charge in [-0.2, -0.15) is 16.7 Å². The zero-order valence-electron chi connectivity index (χ0n) is 11.2. The van der Waals surface area contributed by atoms with Crippen LogP contribution >= 0.6 is 23.5 Å². The molecule has 1 fully saturated rings. The van der Waals surface area contributed by atoms with Gasteiger partial charge in [-0.3, -0.25) is 0 Å². The minimum Gasteiger partial charge on any atom is -0.339 e. The number of hydrogen-bond donors (Lipinski definition) is 1. The molecule has 0 saturated carbocycles. The summed E-state index contributed by atoms with van der Waals surface area (Å²) in [4.78, 5) is 4.57. The van der Waals surface area contributed by atoms with Crippen LogP contribution in [0, 0.1) is 0 Å². The molecule has 0 aliphatic carbocycles. The molecular weight excluding hydrogens is 266 g/mol. The fourth-order valence-electron chi connectivity index (χ4n) is 2.04. The second kappa shape index (κ2) is 6.82. The van der Waals surface area contributed by atoms with Gasteiger partial charge in [0.25, 0.3) is 0 Å². The maximum atomic E-state index is 5.38. The van der Waals surface area contributed by atoms with E-state index in [9.17, 15) is 0 Å². The fourth-order valence-corrected chi connectivity index (χ4v) is 4.72. The van der Waals surface area contributed by atoms with Gasteiger partial charge >= 0.3 is 0 Å². The van der Waals surface area contributed by atoms with E-state index in [0.29, 0.717) is 16.5 Å². The molecule has 0 bridgehead atoms. The van der Waals surface area contributed by atoms with Gasteiger partial charge in [0.2, 0.25) is 5.89 Å². The van der Waals surface area contributed by atoms with Gasteiger partial charge in [-0.05, 0) is 13.5 Å². The van der Waals surface area contributed by atoms with Crippen molar-refractivity contribution in [2.24, 2.45) is 0 Å². The van der Waals surface area contributed by atoms with Crippen LogP contribution in [0.25, 0.3) is 0 Å². The van der Waals surface area contributed by atoms with Crippen molar-refractivity contribution in [2.75, 3.05) is 18.6 Å². The monoisotopic (exact) mass is 287 g/mol. The summed E-state index contributed by atoms with van der Waals surface area (Å²) in [5.74, 6) is 4.04. The zero-order valence-corrected chi connectivity index (χ0v) is 12.8. The van der Waals surface area contributed by atoms with Crippen LogP contribution in [0.2, 0.25) is 0 Å². The second-order valence-corrected chi connectivity index (χ2v) is 7.25. The van der Waals surface area contributed by atoms with Crippen molar-refractivity contribution in [3.8, 4) is 0 Å². The number of thioether (sulfide) groups is 2. The first-order chi connectivity index (χ1) is 8.74. The number of hydrogen-bond acceptors (Lipinski definition) is 6. The summed E-state index contributed by atoms with van der Waals surface area (Å²) in [7, 11) is 1.97. The van der Waals surface area contributed by atoms with Gasteiger partial charge in [0, 0.05) is 29.2 Å². The van der Waals surface area contributed by atoms with E-state index < -0.39 is 0 Å². The Labute approximate surface area is 117 Å². The zero-order chi connectivity index (χ0) is 13.0. The molecular formula is C12H21N3OS2. The van der Waals surface area contributed by atoms with Crippen molar-refractivity contribution < 1.29 is 4.52 Å². The van der Waals surface area contributed by atoms with Gasteiger partial charge in [0.05, 0.1) is 5.25 Å². The Balaban J connectivity index is 2.00. The van der Waals surface area contributed by atoms with Crippen molar-refractivity contribution in [3.63, 3.8) is 0 Å². The average Bonchev–Trinajstić information content (AvgIpc) is 2.85. The normalized spacial score (nSPS) is 26.2. The lowest BCUT2D eigenvalue weighted by Crippen LogP contribution is -2.26. The summed E-state index contributed by atoms with van der Waals surface area (Å²) < 4.78 is 5.38. The number of aromatic nitrogens is 2. The molecule has 1 N–H and O–H groups in total. The van der Waals surface area contributed by atoms with E-state index in [4.69, 9.17) is 4.52 Å². The Morgan fingerprint density at radius 3 is 2.89 bits per heavy atom. The van der Waals surface area contributed by atoms with Gasteiger partial charge in [0.1, 0.15) is 0 Å². The molecule has 0 spiro atoms. The van der Waals surface area contributed by atoms with Crippen molar-refractivity contribution >= 4 is 23.5 Å². The van der Waals surface area contributed by atoms with Crippen LogP contribution in [-0.2, 0) is 6.42 Å². The Hall–Kier alpha value is -0.200. The van der Waals surface area contributed by atoms with Crippen LogP contribution in [0.1, 0.15) is 37.2 Å². The first-order valence-corrected chi connectivity index (χ1v) is 8.57. The SMILES string of the molecule is CCC(Cc1nc(C2SCCSC2C)no1)NC. The predicted molar refractivity (Wildman–Crippen MR) is 78.3 cm³/mol. The molecule has 0 aromatic carbocycles. The third-order valence-electron chi connectivity index (χ3n) is 3.25. The number of likely N-dealkylation sites (N-methyl/N-ethyl adjacent to an activating group) is 1. The lowest BCUT2D eigenvalue weighted by atomic mass is 10.1. The molecule has 18 heavy (non-hydrogen) atoms. The Bertz CT molecular complexity index is 368. The molecule has 1 aliphatic heterocycles. The van der Waals surface area contributed by atoms with Gasteiger partial charge in [-0.1, -0.05) is 19.0 Å². The smallest absolute Gasteiger partial charge is 0.228 e. The third kappa shape index (κ3) is 3.42. The van der Waals surface area contributed by atoms with Gasteiger partial charge in [-0.15, -0.1) is 11.8 Å². The first-order valence-electron chi connectivity index (χ1n) is 6.47. The molecule has 2 rings (SSSR count). The molecule has 4 nitrogen and oxygen atoms in total. The van der Waals surface area contributed by atoms with Crippen molar-refractivity contribution in [3.05, 3.63) is 11.7 Å². The van der Waals surface area contributed by atoms with E-state index in [0.717, 1.165) is 24.6 Å². The second-order valence-electron chi connectivity index (χ2n) is 4.51. The van der Waals surface area contributed by atoms with Crippen molar-refractivity contribution in [2.45, 2.75) is 43.2 Å². The third-order valence-corrected chi connectivity index (χ3v) is 6.33. The van der Waals surface area contributed by atoms with Gasteiger partial charge < -0.3 is 9.84 Å². The van der Waals surface area contributed by atoms with Crippen LogP contribution in [0.15, 0.2) is 4.52 Å². The van der Waals surface area contributed by atoms with E-state index >= 15 is 0 Å². The molecule has 3 unspecified atom stereocenters. The molecule has 0 amide bonds. The van der Waals surface area contributed by atoms with Crippen LogP contribution in [0.4, 0.5) is 0 Å². The summed E-state index contributed by atoms with van der Waals surface area (Å²) in [6.45, 7) is 4.41. The highest BCUT2D eigenvalue weighted by molar-refractivity contribution is 8.06. The van der Waals surface area contributed by atoms with E-state index in [1.165, 1.54) is 11.5 Å². The minimum atomic E-state index is 0.385. The molecule has 1 aliphatic rings. The molecule has 1 aromatic rings. The summed E-state index contributed by atoms with van der Waals surface area (Å²) in [5.41, 5.74) is 0. The summed E-state index contributed by atoms with van der Waals surface area (Å²) in [6, 6.07) is 0.420. The molecule has 1 saturated heterocycles. The van der Waals surface area contributed by atoms with E-state index in [-0.39, 0.29) is 0 Å². The standard InChI is InChI=1S/C12H21N3OS2/c1-4-9(13-3)7-10-14-12(15-16-10)11-8(2)17-5-6-18-11/h8-9,11,13H,4-7H2,1-3H3. The average molecular weight is 287 g/mol. The van der Waals surface area contributed by atoms with Crippen LogP contribution in [0.3, 0.4) is 0 Å². The summed E-state index contributed by atoms with van der Waals surface area (Å²) in [5, 5.41) is 8.38. The Morgan fingerprint density at radius 2 is 2.22 bits per heavy atom. The van der Waals surface area contributed by atoms with E-state index in [2.05, 4.69) is 29.3 Å². The molecule has 6 heteroatoms. The summed E-state index contributed by atoms with van der Waals surface area (Å²) in [6.07, 6.45) is 1.89. The number of nitrogens with zero attached hydrogens (tertiary/aromatic N) is 2. The molecule has 3 atom stereocenters. The van der Waals surface area contributed by atoms with Crippen molar-refractivity contribution in [1.82, 2.24) is 15.5 Å². The predicted octanol–water partition coefficient (Wildman–Crippen LogP) is 2.52.